The summed E-state index contributed by atoms with van der Waals surface area (Å²) >= 11 is 4.24. The van der Waals surface area contributed by atoms with Crippen molar-refractivity contribution in [3.8, 4) is 11.5 Å². The molecule has 0 spiro atoms. The van der Waals surface area contributed by atoms with E-state index in [4.69, 9.17) is 9.47 Å². The lowest BCUT2D eigenvalue weighted by Crippen LogP contribution is -2.36. The molecular formula is C27H22BrFN2O5S. The number of anilines is 1. The number of benzene rings is 3. The number of imide groups is 1. The number of nitrogens with one attached hydrogen (secondary N) is 1. The zero-order chi connectivity index (χ0) is 26.5. The molecule has 3 amide bonds. The van der Waals surface area contributed by atoms with Crippen LogP contribution in [0.4, 0.5) is 14.9 Å². The Morgan fingerprint density at radius 2 is 1.89 bits per heavy atom. The van der Waals surface area contributed by atoms with E-state index in [1.807, 2.05) is 31.2 Å². The highest BCUT2D eigenvalue weighted by Crippen LogP contribution is 2.39. The highest BCUT2D eigenvalue weighted by atomic mass is 79.9. The molecule has 4 rings (SSSR count). The van der Waals surface area contributed by atoms with Gasteiger partial charge in [-0.1, -0.05) is 29.8 Å². The minimum absolute atomic E-state index is 0.168. The molecule has 0 bridgehead atoms. The summed E-state index contributed by atoms with van der Waals surface area (Å²) in [4.78, 5) is 38.7. The number of hydrogen-bond donors (Lipinski definition) is 1. The number of ether oxygens (including phenoxy) is 2. The van der Waals surface area contributed by atoms with Gasteiger partial charge in [0.15, 0.2) is 11.5 Å². The molecule has 0 aliphatic carbocycles. The zero-order valence-corrected chi connectivity index (χ0v) is 22.3. The van der Waals surface area contributed by atoms with Crippen molar-refractivity contribution in [1.29, 1.82) is 0 Å². The highest BCUT2D eigenvalue weighted by molar-refractivity contribution is 9.10. The molecule has 0 unspecified atom stereocenters. The minimum Gasteiger partial charge on any atom is -0.493 e. The Bertz CT molecular complexity index is 1390. The van der Waals surface area contributed by atoms with E-state index < -0.39 is 29.4 Å². The average molecular weight is 585 g/mol. The van der Waals surface area contributed by atoms with E-state index in [0.717, 1.165) is 27.8 Å². The van der Waals surface area contributed by atoms with Crippen LogP contribution in [0.3, 0.4) is 0 Å². The van der Waals surface area contributed by atoms with Crippen molar-refractivity contribution in [2.75, 3.05) is 19.0 Å². The second-order valence-corrected chi connectivity index (χ2v) is 9.98. The number of nitrogens with zero attached hydrogens (tertiary/aromatic N) is 1. The monoisotopic (exact) mass is 584 g/mol. The molecule has 190 valence electrons. The molecule has 37 heavy (non-hydrogen) atoms. The maximum atomic E-state index is 13.1. The van der Waals surface area contributed by atoms with Crippen LogP contribution in [0.5, 0.6) is 11.5 Å². The molecule has 1 saturated heterocycles. The van der Waals surface area contributed by atoms with E-state index in [1.54, 1.807) is 18.2 Å². The smallest absolute Gasteiger partial charge is 0.294 e. The molecule has 3 aromatic carbocycles. The van der Waals surface area contributed by atoms with Gasteiger partial charge in [0.2, 0.25) is 5.91 Å². The van der Waals surface area contributed by atoms with E-state index in [2.05, 4.69) is 21.2 Å². The minimum atomic E-state index is -0.584. The van der Waals surface area contributed by atoms with E-state index in [-0.39, 0.29) is 4.91 Å². The first kappa shape index (κ1) is 26.4. The zero-order valence-electron chi connectivity index (χ0n) is 19.9. The van der Waals surface area contributed by atoms with Gasteiger partial charge in [-0.15, -0.1) is 0 Å². The molecule has 0 radical (unpaired) electrons. The van der Waals surface area contributed by atoms with Gasteiger partial charge in [-0.25, -0.2) is 4.39 Å². The molecule has 1 aliphatic heterocycles. The summed E-state index contributed by atoms with van der Waals surface area (Å²) in [6.07, 6.45) is 1.56. The molecule has 7 nitrogen and oxygen atoms in total. The van der Waals surface area contributed by atoms with Crippen LogP contribution in [-0.4, -0.2) is 35.6 Å². The lowest BCUT2D eigenvalue weighted by molar-refractivity contribution is -0.127. The van der Waals surface area contributed by atoms with Crippen LogP contribution in [0, 0.1) is 12.7 Å². The Kier molecular flexibility index (Phi) is 8.30. The van der Waals surface area contributed by atoms with Crippen molar-refractivity contribution >= 4 is 56.5 Å². The average Bonchev–Trinajstić information content (AvgIpc) is 3.11. The van der Waals surface area contributed by atoms with Crippen molar-refractivity contribution in [2.45, 2.75) is 13.5 Å². The number of carbonyl (C=O) groups is 3. The predicted molar refractivity (Wildman–Crippen MR) is 144 cm³/mol. The third-order valence-corrected chi connectivity index (χ3v) is 6.81. The largest absolute Gasteiger partial charge is 0.493 e. The summed E-state index contributed by atoms with van der Waals surface area (Å²) in [7, 11) is 1.51. The van der Waals surface area contributed by atoms with Crippen molar-refractivity contribution in [3.63, 3.8) is 0 Å². The number of carbonyl (C=O) groups excluding carboxylic acids is 3. The first-order valence-electron chi connectivity index (χ1n) is 11.1. The fourth-order valence-electron chi connectivity index (χ4n) is 3.59. The number of aryl methyl sites for hydroxylation is 1. The number of methoxy groups -OCH3 is 1. The van der Waals surface area contributed by atoms with Crippen molar-refractivity contribution in [1.82, 2.24) is 4.90 Å². The number of hydrogen-bond acceptors (Lipinski definition) is 6. The van der Waals surface area contributed by atoms with Crippen molar-refractivity contribution in [2.24, 2.45) is 0 Å². The van der Waals surface area contributed by atoms with Gasteiger partial charge in [0.05, 0.1) is 16.5 Å². The van der Waals surface area contributed by atoms with Crippen LogP contribution < -0.4 is 14.8 Å². The van der Waals surface area contributed by atoms with Crippen LogP contribution in [-0.2, 0) is 16.2 Å². The maximum absolute atomic E-state index is 13.1. The normalized spacial score (nSPS) is 14.3. The molecule has 0 atom stereocenters. The molecule has 0 saturated carbocycles. The molecule has 0 aromatic heterocycles. The molecule has 1 aliphatic rings. The Balaban J connectivity index is 1.46. The van der Waals surface area contributed by atoms with E-state index >= 15 is 0 Å². The second-order valence-electron chi connectivity index (χ2n) is 8.13. The summed E-state index contributed by atoms with van der Waals surface area (Å²) in [5, 5.41) is 1.98. The van der Waals surface area contributed by atoms with Crippen molar-refractivity contribution in [3.05, 3.63) is 92.5 Å². The van der Waals surface area contributed by atoms with Gasteiger partial charge in [-0.2, -0.15) is 0 Å². The number of halogens is 2. The lowest BCUT2D eigenvalue weighted by Gasteiger charge is -2.14. The summed E-state index contributed by atoms with van der Waals surface area (Å²) in [6, 6.07) is 16.6. The maximum Gasteiger partial charge on any atom is 0.294 e. The standard InChI is InChI=1S/C27H22BrFN2O5S/c1-16-4-3-5-17(10-16)15-36-25-21(28)11-18(12-22(25)35-2)13-23-26(33)31(27(34)37-23)14-24(32)30-20-8-6-19(29)7-9-20/h3-13H,14-15H2,1-2H3,(H,30,32)/b23-13-. The predicted octanol–water partition coefficient (Wildman–Crippen LogP) is 6.16. The molecular weight excluding hydrogens is 563 g/mol. The topological polar surface area (TPSA) is 84.9 Å². The second kappa shape index (κ2) is 11.6. The van der Waals surface area contributed by atoms with Gasteiger partial charge in [-0.3, -0.25) is 19.3 Å². The molecule has 1 heterocycles. The Morgan fingerprint density at radius 3 is 2.59 bits per heavy atom. The quantitative estimate of drug-likeness (QED) is 0.319. The van der Waals surface area contributed by atoms with Gasteiger partial charge < -0.3 is 14.8 Å². The van der Waals surface area contributed by atoms with E-state index in [0.29, 0.717) is 33.8 Å². The van der Waals surface area contributed by atoms with Gasteiger partial charge in [0, 0.05) is 5.69 Å². The third-order valence-electron chi connectivity index (χ3n) is 5.32. The van der Waals surface area contributed by atoms with Gasteiger partial charge in [0.1, 0.15) is 19.0 Å². The summed E-state index contributed by atoms with van der Waals surface area (Å²) in [5.74, 6) is -0.644. The molecule has 1 fully saturated rings. The summed E-state index contributed by atoms with van der Waals surface area (Å²) in [5.41, 5.74) is 3.10. The Morgan fingerprint density at radius 1 is 1.14 bits per heavy atom. The van der Waals surface area contributed by atoms with Crippen LogP contribution in [0.25, 0.3) is 6.08 Å². The van der Waals surface area contributed by atoms with Crippen LogP contribution >= 0.6 is 27.7 Å². The first-order chi connectivity index (χ1) is 17.7. The molecule has 10 heteroatoms. The highest BCUT2D eigenvalue weighted by Gasteiger charge is 2.36. The van der Waals surface area contributed by atoms with E-state index in [9.17, 15) is 18.8 Å². The summed E-state index contributed by atoms with van der Waals surface area (Å²) in [6.45, 7) is 1.89. The number of thioether (sulfide) groups is 1. The molecule has 3 aromatic rings. The number of amides is 3. The summed E-state index contributed by atoms with van der Waals surface area (Å²) < 4.78 is 25.2. The third kappa shape index (κ3) is 6.58. The van der Waals surface area contributed by atoms with Crippen LogP contribution in [0.1, 0.15) is 16.7 Å². The Labute approximate surface area is 225 Å². The Hall–Kier alpha value is -3.63. The number of rotatable bonds is 8. The fraction of sp³-hybridized carbons (Fsp3) is 0.148. The first-order valence-corrected chi connectivity index (χ1v) is 12.7. The van der Waals surface area contributed by atoms with E-state index in [1.165, 1.54) is 31.4 Å². The van der Waals surface area contributed by atoms with Crippen molar-refractivity contribution < 1.29 is 28.2 Å². The van der Waals surface area contributed by atoms with Gasteiger partial charge >= 0.3 is 0 Å². The SMILES string of the molecule is COc1cc(/C=C2\SC(=O)N(CC(=O)Nc3ccc(F)cc3)C2=O)cc(Br)c1OCc1cccc(C)c1. The van der Waals surface area contributed by atoms with Crippen LogP contribution in [0.15, 0.2) is 70.0 Å². The van der Waals surface area contributed by atoms with Gasteiger partial charge in [0.25, 0.3) is 11.1 Å². The fourth-order valence-corrected chi connectivity index (χ4v) is 5.00. The molecule has 1 N–H and O–H groups in total. The van der Waals surface area contributed by atoms with Gasteiger partial charge in [-0.05, 0) is 88.2 Å². The lowest BCUT2D eigenvalue weighted by atomic mass is 10.1. The van der Waals surface area contributed by atoms with Crippen LogP contribution in [0.2, 0.25) is 0 Å².